The molecule has 0 aromatic heterocycles. The molecule has 0 fully saturated rings. The molecular formula is C12H20O3. The molecule has 0 aromatic carbocycles. The number of esters is 1. The molecule has 0 spiro atoms. The number of rotatable bonds is 6. The number of hydrogen-bond acceptors (Lipinski definition) is 3. The molecule has 0 aromatic rings. The van der Waals surface area contributed by atoms with Crippen LogP contribution in [0, 0.1) is 5.92 Å². The third-order valence-electron chi connectivity index (χ3n) is 1.87. The Morgan fingerprint density at radius 2 is 2.13 bits per heavy atom. The minimum Gasteiger partial charge on any atom is -0.461 e. The summed E-state index contributed by atoms with van der Waals surface area (Å²) in [6.45, 7) is 5.84. The van der Waals surface area contributed by atoms with Gasteiger partial charge in [-0.2, -0.15) is 0 Å². The van der Waals surface area contributed by atoms with Crippen LogP contribution >= 0.6 is 0 Å². The first-order chi connectivity index (χ1) is 7.06. The molecule has 0 amide bonds. The largest absolute Gasteiger partial charge is 0.461 e. The first kappa shape index (κ1) is 13.9. The van der Waals surface area contributed by atoms with E-state index in [2.05, 4.69) is 0 Å². The van der Waals surface area contributed by atoms with E-state index in [1.807, 2.05) is 32.1 Å². The van der Waals surface area contributed by atoms with E-state index in [4.69, 9.17) is 9.84 Å². The predicted molar refractivity (Wildman–Crippen MR) is 60.4 cm³/mol. The lowest BCUT2D eigenvalue weighted by Gasteiger charge is -2.01. The number of aliphatic hydroxyl groups excluding tert-OH is 1. The van der Waals surface area contributed by atoms with E-state index in [0.29, 0.717) is 12.5 Å². The maximum Gasteiger partial charge on any atom is 0.302 e. The Hall–Kier alpha value is -1.09. The number of carbonyl (C=O) groups is 1. The van der Waals surface area contributed by atoms with E-state index < -0.39 is 0 Å². The van der Waals surface area contributed by atoms with E-state index in [1.54, 1.807) is 0 Å². The zero-order chi connectivity index (χ0) is 11.7. The van der Waals surface area contributed by atoms with Crippen molar-refractivity contribution < 1.29 is 14.6 Å². The van der Waals surface area contributed by atoms with Crippen molar-refractivity contribution in [3.8, 4) is 0 Å². The Kier molecular flexibility index (Phi) is 7.64. The Bertz CT molecular complexity index is 241. The van der Waals surface area contributed by atoms with Gasteiger partial charge in [0.2, 0.25) is 0 Å². The van der Waals surface area contributed by atoms with Gasteiger partial charge >= 0.3 is 5.97 Å². The minimum absolute atomic E-state index is 0.209. The van der Waals surface area contributed by atoms with Crippen molar-refractivity contribution in [2.45, 2.75) is 27.2 Å². The second kappa shape index (κ2) is 8.24. The molecular weight excluding hydrogens is 192 g/mol. The van der Waals surface area contributed by atoms with Gasteiger partial charge in [0.15, 0.2) is 0 Å². The van der Waals surface area contributed by atoms with Gasteiger partial charge in [0.1, 0.15) is 6.61 Å². The van der Waals surface area contributed by atoms with Gasteiger partial charge in [-0.05, 0) is 24.8 Å². The van der Waals surface area contributed by atoms with Crippen molar-refractivity contribution in [2.24, 2.45) is 5.92 Å². The van der Waals surface area contributed by atoms with Gasteiger partial charge in [0.25, 0.3) is 0 Å². The smallest absolute Gasteiger partial charge is 0.302 e. The van der Waals surface area contributed by atoms with Crippen LogP contribution in [0.15, 0.2) is 23.8 Å². The molecule has 0 unspecified atom stereocenters. The highest BCUT2D eigenvalue weighted by molar-refractivity contribution is 5.66. The molecule has 0 aliphatic heterocycles. The molecule has 0 bridgehead atoms. The summed E-state index contributed by atoms with van der Waals surface area (Å²) in [5.41, 5.74) is 0.998. The fourth-order valence-corrected chi connectivity index (χ4v) is 0.881. The summed E-state index contributed by atoms with van der Waals surface area (Å²) in [6, 6.07) is 0. The Morgan fingerprint density at radius 3 is 2.67 bits per heavy atom. The maximum atomic E-state index is 10.5. The topological polar surface area (TPSA) is 46.5 Å². The van der Waals surface area contributed by atoms with Crippen molar-refractivity contribution in [3.05, 3.63) is 23.8 Å². The van der Waals surface area contributed by atoms with Crippen molar-refractivity contribution in [1.82, 2.24) is 0 Å². The van der Waals surface area contributed by atoms with E-state index in [0.717, 1.165) is 12.0 Å². The van der Waals surface area contributed by atoms with Gasteiger partial charge < -0.3 is 9.84 Å². The number of ether oxygens (including phenoxy) is 1. The van der Waals surface area contributed by atoms with Crippen molar-refractivity contribution in [2.75, 3.05) is 13.2 Å². The van der Waals surface area contributed by atoms with Gasteiger partial charge in [-0.25, -0.2) is 0 Å². The summed E-state index contributed by atoms with van der Waals surface area (Å²) in [5, 5.41) is 8.78. The van der Waals surface area contributed by atoms with Crippen LogP contribution in [0.5, 0.6) is 0 Å². The van der Waals surface area contributed by atoms with Crippen molar-refractivity contribution in [3.63, 3.8) is 0 Å². The first-order valence-corrected chi connectivity index (χ1v) is 5.12. The van der Waals surface area contributed by atoms with Gasteiger partial charge in [0, 0.05) is 13.5 Å². The summed E-state index contributed by atoms with van der Waals surface area (Å²) in [5.74, 6) is 0.0315. The van der Waals surface area contributed by atoms with E-state index in [1.165, 1.54) is 6.92 Å². The van der Waals surface area contributed by atoms with Crippen molar-refractivity contribution >= 4 is 5.97 Å². The first-order valence-electron chi connectivity index (χ1n) is 5.12. The SMILES string of the molecule is CC(=O)OC/C(C)=C/C=C/C[C@@H](C)CO. The van der Waals surface area contributed by atoms with Crippen molar-refractivity contribution in [1.29, 1.82) is 0 Å². The second-order valence-electron chi connectivity index (χ2n) is 3.74. The molecule has 1 atom stereocenters. The van der Waals surface area contributed by atoms with Crippen LogP contribution in [0.1, 0.15) is 27.2 Å². The third kappa shape index (κ3) is 9.22. The lowest BCUT2D eigenvalue weighted by atomic mass is 10.1. The van der Waals surface area contributed by atoms with Crippen LogP contribution in [-0.4, -0.2) is 24.3 Å². The van der Waals surface area contributed by atoms with Gasteiger partial charge in [-0.15, -0.1) is 0 Å². The fraction of sp³-hybridized carbons (Fsp3) is 0.583. The molecule has 3 heteroatoms. The Labute approximate surface area is 91.4 Å². The van der Waals surface area contributed by atoms with Crippen LogP contribution in [0.4, 0.5) is 0 Å². The number of allylic oxidation sites excluding steroid dienone is 3. The summed E-state index contributed by atoms with van der Waals surface area (Å²) in [6.07, 6.45) is 6.68. The summed E-state index contributed by atoms with van der Waals surface area (Å²) >= 11 is 0. The minimum atomic E-state index is -0.263. The zero-order valence-electron chi connectivity index (χ0n) is 9.69. The van der Waals surface area contributed by atoms with Crippen LogP contribution in [0.25, 0.3) is 0 Å². The quantitative estimate of drug-likeness (QED) is 0.541. The van der Waals surface area contributed by atoms with Crippen LogP contribution in [0.2, 0.25) is 0 Å². The molecule has 86 valence electrons. The third-order valence-corrected chi connectivity index (χ3v) is 1.87. The van der Waals surface area contributed by atoms with Gasteiger partial charge in [-0.1, -0.05) is 25.2 Å². The molecule has 0 heterocycles. The standard InChI is InChI=1S/C12H20O3/c1-10(8-13)6-4-5-7-11(2)9-15-12(3)14/h4-5,7,10,13H,6,8-9H2,1-3H3/b5-4+,11-7+/t10-/m1/s1. The summed E-state index contributed by atoms with van der Waals surface area (Å²) < 4.78 is 4.82. The number of carbonyl (C=O) groups excluding carboxylic acids is 1. The van der Waals surface area contributed by atoms with E-state index >= 15 is 0 Å². The molecule has 0 aliphatic rings. The molecule has 0 radical (unpaired) electrons. The molecule has 0 aliphatic carbocycles. The highest BCUT2D eigenvalue weighted by atomic mass is 16.5. The summed E-state index contributed by atoms with van der Waals surface area (Å²) in [7, 11) is 0. The number of aliphatic hydroxyl groups is 1. The van der Waals surface area contributed by atoms with Crippen LogP contribution in [0.3, 0.4) is 0 Å². The Balaban J connectivity index is 3.78. The van der Waals surface area contributed by atoms with E-state index in [9.17, 15) is 4.79 Å². The van der Waals surface area contributed by atoms with E-state index in [-0.39, 0.29) is 12.6 Å². The Morgan fingerprint density at radius 1 is 1.47 bits per heavy atom. The molecule has 0 saturated heterocycles. The van der Waals surface area contributed by atoms with Gasteiger partial charge in [-0.3, -0.25) is 4.79 Å². The molecule has 0 saturated carbocycles. The molecule has 0 rings (SSSR count). The number of hydrogen-bond donors (Lipinski definition) is 1. The fourth-order valence-electron chi connectivity index (χ4n) is 0.881. The predicted octanol–water partition coefficient (Wildman–Crippen LogP) is 2.07. The average molecular weight is 212 g/mol. The monoisotopic (exact) mass is 212 g/mol. The normalized spacial score (nSPS) is 14.3. The maximum absolute atomic E-state index is 10.5. The zero-order valence-corrected chi connectivity index (χ0v) is 9.69. The lowest BCUT2D eigenvalue weighted by Crippen LogP contribution is -2.01. The lowest BCUT2D eigenvalue weighted by molar-refractivity contribution is -0.139. The molecule has 15 heavy (non-hydrogen) atoms. The molecule has 1 N–H and O–H groups in total. The average Bonchev–Trinajstić information content (AvgIpc) is 2.21. The highest BCUT2D eigenvalue weighted by Crippen LogP contribution is 2.02. The molecule has 3 nitrogen and oxygen atoms in total. The van der Waals surface area contributed by atoms with Crippen LogP contribution in [-0.2, 0) is 9.53 Å². The second-order valence-corrected chi connectivity index (χ2v) is 3.74. The summed E-state index contributed by atoms with van der Waals surface area (Å²) in [4.78, 5) is 10.5. The van der Waals surface area contributed by atoms with Crippen LogP contribution < -0.4 is 0 Å². The van der Waals surface area contributed by atoms with Gasteiger partial charge in [0.05, 0.1) is 0 Å². The highest BCUT2D eigenvalue weighted by Gasteiger charge is 1.95.